The number of alkyl halides is 1. The van der Waals surface area contributed by atoms with E-state index in [1.54, 1.807) is 0 Å². The molecule has 0 aliphatic heterocycles. The van der Waals surface area contributed by atoms with Gasteiger partial charge in [-0.05, 0) is 6.92 Å². The summed E-state index contributed by atoms with van der Waals surface area (Å²) in [4.78, 5) is 0. The average Bonchev–Trinajstić information content (AvgIpc) is 1.68. The molecule has 0 aromatic rings. The normalized spacial score (nSPS) is 12.1. The molecule has 0 fully saturated rings. The Morgan fingerprint density at radius 2 is 2.43 bits per heavy atom. The average molecular weight is 165 g/mol. The van der Waals surface area contributed by atoms with Gasteiger partial charge in [0.25, 0.3) is 0 Å². The Morgan fingerprint density at radius 3 is 2.57 bits per heavy atom. The van der Waals surface area contributed by atoms with Crippen molar-refractivity contribution in [3.63, 3.8) is 0 Å². The number of aliphatic hydroxyl groups is 1. The van der Waals surface area contributed by atoms with Crippen molar-refractivity contribution in [2.24, 2.45) is 0 Å². The Bertz CT molecular complexity index is 68.5. The zero-order valence-corrected chi connectivity index (χ0v) is 5.90. The maximum absolute atomic E-state index is 8.38. The molecule has 0 aromatic heterocycles. The number of rotatable bonds is 2. The molecule has 0 aromatic carbocycles. The summed E-state index contributed by atoms with van der Waals surface area (Å²) in [5, 5.41) is 9.21. The predicted molar refractivity (Wildman–Crippen MR) is 34.6 cm³/mol. The first-order valence-corrected chi connectivity index (χ1v) is 3.26. The molecule has 0 bridgehead atoms. The molecule has 42 valence electrons. The summed E-state index contributed by atoms with van der Waals surface area (Å²) < 4.78 is 0. The number of halogens is 1. The van der Waals surface area contributed by atoms with Crippen molar-refractivity contribution < 1.29 is 5.11 Å². The Labute approximate surface area is 52.2 Å². The van der Waals surface area contributed by atoms with Crippen LogP contribution in [0.25, 0.3) is 0 Å². The fourth-order valence-corrected chi connectivity index (χ4v) is 0.749. The molecule has 1 nitrogen and oxygen atoms in total. The third-order valence-corrected chi connectivity index (χ3v) is 0.999. The number of hydrogen-bond donors (Lipinski definition) is 1. The predicted octanol–water partition coefficient (Wildman–Crippen LogP) is 1.32. The molecule has 0 rings (SSSR count). The van der Waals surface area contributed by atoms with Crippen LogP contribution < -0.4 is 0 Å². The highest BCUT2D eigenvalue weighted by Crippen LogP contribution is 1.90. The van der Waals surface area contributed by atoms with E-state index in [0.29, 0.717) is 0 Å². The smallest absolute Gasteiger partial charge is 0.0639 e. The SMILES string of the molecule is CC(=CCBr)CO. The summed E-state index contributed by atoms with van der Waals surface area (Å²) in [5.74, 6) is 0. The van der Waals surface area contributed by atoms with Gasteiger partial charge in [-0.15, -0.1) is 0 Å². The molecule has 0 spiro atoms. The van der Waals surface area contributed by atoms with Gasteiger partial charge >= 0.3 is 0 Å². The lowest BCUT2D eigenvalue weighted by Gasteiger charge is -1.87. The summed E-state index contributed by atoms with van der Waals surface area (Å²) >= 11 is 3.20. The number of aliphatic hydroxyl groups excluding tert-OH is 1. The Balaban J connectivity index is 3.29. The van der Waals surface area contributed by atoms with Crippen LogP contribution in [-0.4, -0.2) is 17.0 Å². The molecule has 2 heteroatoms. The first-order valence-electron chi connectivity index (χ1n) is 2.13. The van der Waals surface area contributed by atoms with E-state index in [2.05, 4.69) is 15.9 Å². The monoisotopic (exact) mass is 164 g/mol. The fraction of sp³-hybridized carbons (Fsp3) is 0.600. The molecule has 1 N–H and O–H groups in total. The summed E-state index contributed by atoms with van der Waals surface area (Å²) in [7, 11) is 0. The lowest BCUT2D eigenvalue weighted by atomic mass is 10.3. The Hall–Kier alpha value is 0.180. The van der Waals surface area contributed by atoms with Gasteiger partial charge in [0, 0.05) is 5.33 Å². The maximum atomic E-state index is 8.38. The molecular formula is C5H9BrO. The third kappa shape index (κ3) is 4.02. The van der Waals surface area contributed by atoms with E-state index < -0.39 is 0 Å². The molecule has 0 heterocycles. The highest BCUT2D eigenvalue weighted by molar-refractivity contribution is 9.09. The minimum atomic E-state index is 0.172. The van der Waals surface area contributed by atoms with E-state index in [1.807, 2.05) is 13.0 Å². The standard InChI is InChI=1S/C5H9BrO/c1-5(4-7)2-3-6/h2,7H,3-4H2,1H3. The zero-order chi connectivity index (χ0) is 5.70. The second-order valence-electron chi connectivity index (χ2n) is 1.36. The van der Waals surface area contributed by atoms with Crippen LogP contribution in [0, 0.1) is 0 Å². The second-order valence-corrected chi connectivity index (χ2v) is 2.01. The lowest BCUT2D eigenvalue weighted by Crippen LogP contribution is -1.82. The van der Waals surface area contributed by atoms with Crippen LogP contribution in [0.5, 0.6) is 0 Å². The lowest BCUT2D eigenvalue weighted by molar-refractivity contribution is 0.331. The third-order valence-electron chi connectivity index (χ3n) is 0.675. The first kappa shape index (κ1) is 7.18. The summed E-state index contributed by atoms with van der Waals surface area (Å²) in [6.07, 6.45) is 1.93. The molecule has 0 amide bonds. The summed E-state index contributed by atoms with van der Waals surface area (Å²) in [6.45, 7) is 2.06. The van der Waals surface area contributed by atoms with Crippen LogP contribution in [0.15, 0.2) is 11.6 Å². The van der Waals surface area contributed by atoms with Crippen molar-refractivity contribution in [3.05, 3.63) is 11.6 Å². The van der Waals surface area contributed by atoms with E-state index in [-0.39, 0.29) is 6.61 Å². The van der Waals surface area contributed by atoms with Gasteiger partial charge in [0.15, 0.2) is 0 Å². The highest BCUT2D eigenvalue weighted by Gasteiger charge is 1.78. The van der Waals surface area contributed by atoms with Gasteiger partial charge in [-0.1, -0.05) is 27.6 Å². The van der Waals surface area contributed by atoms with Crippen molar-refractivity contribution >= 4 is 15.9 Å². The van der Waals surface area contributed by atoms with Crippen molar-refractivity contribution in [3.8, 4) is 0 Å². The van der Waals surface area contributed by atoms with Crippen molar-refractivity contribution in [2.75, 3.05) is 11.9 Å². The van der Waals surface area contributed by atoms with E-state index in [1.165, 1.54) is 0 Å². The van der Waals surface area contributed by atoms with Gasteiger partial charge in [-0.25, -0.2) is 0 Å². The van der Waals surface area contributed by atoms with Crippen LogP contribution in [0.1, 0.15) is 6.92 Å². The number of hydrogen-bond acceptors (Lipinski definition) is 1. The van der Waals surface area contributed by atoms with E-state index in [0.717, 1.165) is 10.9 Å². The molecule has 0 unspecified atom stereocenters. The van der Waals surface area contributed by atoms with Gasteiger partial charge in [-0.3, -0.25) is 0 Å². The largest absolute Gasteiger partial charge is 0.392 e. The van der Waals surface area contributed by atoms with Crippen LogP contribution in [-0.2, 0) is 0 Å². The van der Waals surface area contributed by atoms with Gasteiger partial charge in [-0.2, -0.15) is 0 Å². The van der Waals surface area contributed by atoms with Gasteiger partial charge in [0.2, 0.25) is 0 Å². The zero-order valence-electron chi connectivity index (χ0n) is 4.32. The summed E-state index contributed by atoms with van der Waals surface area (Å²) in [5.41, 5.74) is 1.01. The Morgan fingerprint density at radius 1 is 1.86 bits per heavy atom. The van der Waals surface area contributed by atoms with E-state index in [9.17, 15) is 0 Å². The van der Waals surface area contributed by atoms with Crippen LogP contribution >= 0.6 is 15.9 Å². The summed E-state index contributed by atoms with van der Waals surface area (Å²) in [6, 6.07) is 0. The molecule has 0 saturated carbocycles. The molecule has 0 aliphatic carbocycles. The topological polar surface area (TPSA) is 20.2 Å². The Kier molecular flexibility index (Phi) is 4.45. The molecule has 7 heavy (non-hydrogen) atoms. The van der Waals surface area contributed by atoms with Crippen molar-refractivity contribution in [1.29, 1.82) is 0 Å². The molecule has 0 saturated heterocycles. The molecule has 0 aliphatic rings. The molecule has 0 atom stereocenters. The number of allylic oxidation sites excluding steroid dienone is 1. The maximum Gasteiger partial charge on any atom is 0.0639 e. The quantitative estimate of drug-likeness (QED) is 0.483. The molecular weight excluding hydrogens is 156 g/mol. The van der Waals surface area contributed by atoms with Crippen LogP contribution in [0.3, 0.4) is 0 Å². The van der Waals surface area contributed by atoms with Crippen molar-refractivity contribution in [1.82, 2.24) is 0 Å². The van der Waals surface area contributed by atoms with Gasteiger partial charge < -0.3 is 5.11 Å². The van der Waals surface area contributed by atoms with Crippen LogP contribution in [0.4, 0.5) is 0 Å². The second kappa shape index (κ2) is 4.34. The first-order chi connectivity index (χ1) is 3.31. The van der Waals surface area contributed by atoms with Crippen molar-refractivity contribution in [2.45, 2.75) is 6.92 Å². The van der Waals surface area contributed by atoms with Gasteiger partial charge in [0.1, 0.15) is 0 Å². The van der Waals surface area contributed by atoms with Gasteiger partial charge in [0.05, 0.1) is 6.61 Å². The fourth-order valence-electron chi connectivity index (χ4n) is 0.196. The van der Waals surface area contributed by atoms with Crippen LogP contribution in [0.2, 0.25) is 0 Å². The van der Waals surface area contributed by atoms with E-state index >= 15 is 0 Å². The molecule has 0 radical (unpaired) electrons. The van der Waals surface area contributed by atoms with E-state index in [4.69, 9.17) is 5.11 Å². The highest BCUT2D eigenvalue weighted by atomic mass is 79.9. The minimum absolute atomic E-state index is 0.172. The minimum Gasteiger partial charge on any atom is -0.392 e.